The molecule has 11 nitrogen and oxygen atoms in total. The average Bonchev–Trinajstić information content (AvgIpc) is 3.25. The van der Waals surface area contributed by atoms with Crippen molar-refractivity contribution < 1.29 is 47.5 Å². The molecule has 3 atom stereocenters. The third-order valence-electron chi connectivity index (χ3n) is 9.33. The molecule has 0 aliphatic heterocycles. The molecule has 3 unspecified atom stereocenters. The van der Waals surface area contributed by atoms with Crippen LogP contribution in [0.3, 0.4) is 0 Å². The number of esters is 2. The van der Waals surface area contributed by atoms with E-state index in [1.165, 1.54) is 19.3 Å². The van der Waals surface area contributed by atoms with E-state index in [0.29, 0.717) is 12.8 Å². The lowest BCUT2D eigenvalue weighted by Crippen LogP contribution is -2.34. The maximum atomic E-state index is 12.7. The number of nitrogens with two attached hydrogens (primary N) is 1. The molecule has 0 aromatic carbocycles. The van der Waals surface area contributed by atoms with Crippen molar-refractivity contribution in [2.75, 3.05) is 19.8 Å². The van der Waals surface area contributed by atoms with Crippen molar-refractivity contribution in [3.05, 3.63) is 97.2 Å². The fourth-order valence-electron chi connectivity index (χ4n) is 5.75. The number of phosphoric ester groups is 1. The van der Waals surface area contributed by atoms with Crippen LogP contribution in [0.1, 0.15) is 168 Å². The van der Waals surface area contributed by atoms with Crippen molar-refractivity contribution in [2.24, 2.45) is 5.73 Å². The number of ether oxygens (including phenoxy) is 2. The minimum absolute atomic E-state index is 0.140. The number of rotatable bonds is 42. The topological polar surface area (TPSA) is 172 Å². The van der Waals surface area contributed by atoms with Gasteiger partial charge in [0, 0.05) is 12.8 Å². The summed E-state index contributed by atoms with van der Waals surface area (Å²) in [6.07, 6.45) is 56.1. The standard InChI is InChI=1S/C50H82NO10P/c1-3-5-7-9-11-13-15-17-19-21-22-23-24-26-28-30-32-34-36-38-40-42-49(53)61-46(44-59-62(56,57)60-45-47(51)50(54)55)43-58-48(52)41-39-37-35-33-31-29-27-25-20-18-16-14-12-10-8-6-4-2/h5-8,11-14,17-20,22-23,27,29,46-47H,3-4,9-10,15-16,21,24-26,28,30-45,51H2,1-2H3,(H,54,55)(H,56,57)/b7-5-,8-6-,13-11-,14-12-,19-17-,20-18-,23-22-,29-27-. The normalized spacial score (nSPS) is 14.5. The Hall–Kier alpha value is -3.60. The zero-order valence-corrected chi connectivity index (χ0v) is 39.1. The first-order valence-corrected chi connectivity index (χ1v) is 24.8. The van der Waals surface area contributed by atoms with Gasteiger partial charge >= 0.3 is 25.7 Å². The summed E-state index contributed by atoms with van der Waals surface area (Å²) in [6, 6.07) is -1.53. The van der Waals surface area contributed by atoms with Gasteiger partial charge in [0.25, 0.3) is 0 Å². The van der Waals surface area contributed by atoms with Gasteiger partial charge in [0.15, 0.2) is 6.10 Å². The minimum atomic E-state index is -4.73. The van der Waals surface area contributed by atoms with Crippen LogP contribution >= 0.6 is 7.82 Å². The molecule has 0 aromatic heterocycles. The second kappa shape index (κ2) is 44.0. The van der Waals surface area contributed by atoms with Gasteiger partial charge in [-0.3, -0.25) is 23.4 Å². The van der Waals surface area contributed by atoms with Gasteiger partial charge in [0.1, 0.15) is 12.6 Å². The number of carbonyl (C=O) groups is 3. The predicted octanol–water partition coefficient (Wildman–Crippen LogP) is 12.8. The summed E-state index contributed by atoms with van der Waals surface area (Å²) in [6.45, 7) is 2.54. The van der Waals surface area contributed by atoms with Crippen molar-refractivity contribution in [1.29, 1.82) is 0 Å². The fourth-order valence-corrected chi connectivity index (χ4v) is 6.53. The Morgan fingerprint density at radius 2 is 0.855 bits per heavy atom. The number of hydrogen-bond donors (Lipinski definition) is 3. The number of phosphoric acid groups is 1. The first-order valence-electron chi connectivity index (χ1n) is 23.3. The van der Waals surface area contributed by atoms with Crippen LogP contribution in [0.2, 0.25) is 0 Å². The first-order chi connectivity index (χ1) is 30.1. The summed E-state index contributed by atoms with van der Waals surface area (Å²) in [5, 5.41) is 8.91. The van der Waals surface area contributed by atoms with Gasteiger partial charge in [-0.05, 0) is 89.9 Å². The Labute approximate surface area is 375 Å². The van der Waals surface area contributed by atoms with Crippen LogP contribution in [-0.4, -0.2) is 59.9 Å². The van der Waals surface area contributed by atoms with Crippen LogP contribution in [0.4, 0.5) is 0 Å². The van der Waals surface area contributed by atoms with E-state index >= 15 is 0 Å². The number of carbonyl (C=O) groups excluding carboxylic acids is 2. The molecule has 0 rings (SSSR count). The molecule has 0 aliphatic carbocycles. The van der Waals surface area contributed by atoms with E-state index in [0.717, 1.165) is 109 Å². The van der Waals surface area contributed by atoms with Crippen molar-refractivity contribution in [3.63, 3.8) is 0 Å². The van der Waals surface area contributed by atoms with E-state index in [4.69, 9.17) is 24.8 Å². The van der Waals surface area contributed by atoms with Crippen LogP contribution < -0.4 is 5.73 Å². The van der Waals surface area contributed by atoms with Crippen molar-refractivity contribution in [3.8, 4) is 0 Å². The number of carboxylic acids is 1. The Morgan fingerprint density at radius 3 is 1.27 bits per heavy atom. The van der Waals surface area contributed by atoms with Gasteiger partial charge in [-0.25, -0.2) is 4.57 Å². The largest absolute Gasteiger partial charge is 0.480 e. The Bertz CT molecular complexity index is 1410. The molecule has 0 radical (unpaired) electrons. The lowest BCUT2D eigenvalue weighted by Gasteiger charge is -2.20. The maximum Gasteiger partial charge on any atom is 0.472 e. The molecule has 12 heteroatoms. The summed E-state index contributed by atoms with van der Waals surface area (Å²) >= 11 is 0. The molecule has 0 aromatic rings. The van der Waals surface area contributed by atoms with Crippen LogP contribution in [-0.2, 0) is 37.5 Å². The third-order valence-corrected chi connectivity index (χ3v) is 10.3. The molecular formula is C50H82NO10P. The first kappa shape index (κ1) is 58.4. The molecule has 4 N–H and O–H groups in total. The molecule has 0 fully saturated rings. The Balaban J connectivity index is 4.38. The lowest BCUT2D eigenvalue weighted by molar-refractivity contribution is -0.161. The highest BCUT2D eigenvalue weighted by Crippen LogP contribution is 2.43. The van der Waals surface area contributed by atoms with E-state index in [1.54, 1.807) is 0 Å². The van der Waals surface area contributed by atoms with Crippen molar-refractivity contribution in [1.82, 2.24) is 0 Å². The van der Waals surface area contributed by atoms with Gasteiger partial charge in [-0.1, -0.05) is 162 Å². The number of aliphatic carboxylic acids is 1. The molecule has 0 amide bonds. The highest BCUT2D eigenvalue weighted by Gasteiger charge is 2.28. The zero-order valence-electron chi connectivity index (χ0n) is 38.2. The molecule has 0 bridgehead atoms. The van der Waals surface area contributed by atoms with E-state index < -0.39 is 51.1 Å². The summed E-state index contributed by atoms with van der Waals surface area (Å²) in [4.78, 5) is 46.1. The predicted molar refractivity (Wildman–Crippen MR) is 253 cm³/mol. The molecule has 0 spiro atoms. The summed E-state index contributed by atoms with van der Waals surface area (Å²) < 4.78 is 32.7. The maximum absolute atomic E-state index is 12.7. The Kier molecular flexibility index (Phi) is 41.5. The smallest absolute Gasteiger partial charge is 0.472 e. The van der Waals surface area contributed by atoms with Gasteiger partial charge in [-0.15, -0.1) is 0 Å². The third kappa shape index (κ3) is 43.1. The zero-order chi connectivity index (χ0) is 45.6. The molecule has 0 heterocycles. The second-order valence-electron chi connectivity index (χ2n) is 15.1. The van der Waals surface area contributed by atoms with Crippen LogP contribution in [0.15, 0.2) is 97.2 Å². The van der Waals surface area contributed by atoms with Gasteiger partial charge < -0.3 is 25.2 Å². The van der Waals surface area contributed by atoms with Gasteiger partial charge in [0.2, 0.25) is 0 Å². The quantitative estimate of drug-likeness (QED) is 0.0230. The van der Waals surface area contributed by atoms with Gasteiger partial charge in [0.05, 0.1) is 13.2 Å². The van der Waals surface area contributed by atoms with Crippen LogP contribution in [0.25, 0.3) is 0 Å². The van der Waals surface area contributed by atoms with E-state index in [9.17, 15) is 23.8 Å². The monoisotopic (exact) mass is 888 g/mol. The number of allylic oxidation sites excluding steroid dienone is 16. The van der Waals surface area contributed by atoms with Crippen LogP contribution in [0.5, 0.6) is 0 Å². The molecular weight excluding hydrogens is 806 g/mol. The minimum Gasteiger partial charge on any atom is -0.480 e. The van der Waals surface area contributed by atoms with E-state index in [2.05, 4.69) is 116 Å². The van der Waals surface area contributed by atoms with Crippen molar-refractivity contribution in [2.45, 2.75) is 180 Å². The molecule has 0 saturated carbocycles. The lowest BCUT2D eigenvalue weighted by atomic mass is 10.1. The number of carboxylic acid groups (broad SMARTS) is 1. The number of hydrogen-bond acceptors (Lipinski definition) is 9. The molecule has 352 valence electrons. The highest BCUT2D eigenvalue weighted by molar-refractivity contribution is 7.47. The van der Waals surface area contributed by atoms with Gasteiger partial charge in [-0.2, -0.15) is 0 Å². The van der Waals surface area contributed by atoms with Crippen molar-refractivity contribution >= 4 is 25.7 Å². The summed E-state index contributed by atoms with van der Waals surface area (Å²) in [5.41, 5.74) is 5.34. The molecule has 62 heavy (non-hydrogen) atoms. The number of unbranched alkanes of at least 4 members (excludes halogenated alkanes) is 12. The summed E-state index contributed by atoms with van der Waals surface area (Å²) in [7, 11) is -4.73. The SMILES string of the molecule is CC/C=C\C/C=C\C/C=C\C/C=C\CCCCCCCCCCC(=O)OC(COC(=O)CCCCCC/C=C\C/C=C\C/C=C\C/C=C\CC)COP(=O)(O)OCC(N)C(=O)O. The fraction of sp³-hybridized carbons (Fsp3) is 0.620. The highest BCUT2D eigenvalue weighted by atomic mass is 31.2. The summed E-state index contributed by atoms with van der Waals surface area (Å²) in [5.74, 6) is -2.43. The second-order valence-corrected chi connectivity index (χ2v) is 16.6. The van der Waals surface area contributed by atoms with Crippen LogP contribution in [0, 0.1) is 0 Å². The molecule has 0 saturated heterocycles. The molecule has 0 aliphatic rings. The van der Waals surface area contributed by atoms with E-state index in [-0.39, 0.29) is 19.4 Å². The average molecular weight is 888 g/mol. The van der Waals surface area contributed by atoms with E-state index in [1.807, 2.05) is 0 Å². The Morgan fingerprint density at radius 1 is 0.500 bits per heavy atom.